The highest BCUT2D eigenvalue weighted by atomic mass is 16.3. The Morgan fingerprint density at radius 2 is 1.70 bits per heavy atom. The molecule has 0 saturated heterocycles. The van der Waals surface area contributed by atoms with Crippen molar-refractivity contribution in [2.24, 2.45) is 0 Å². The summed E-state index contributed by atoms with van der Waals surface area (Å²) in [5.74, 6) is -0.694. The molecule has 0 spiro atoms. The maximum absolute atomic E-state index is 12.7. The number of para-hydroxylation sites is 1. The number of rotatable bonds is 14. The zero-order valence-electron chi connectivity index (χ0n) is 22.2. The molecule has 198 valence electrons. The monoisotopic (exact) mass is 504 g/mol. The molecule has 0 aliphatic rings. The van der Waals surface area contributed by atoms with Crippen LogP contribution in [0.1, 0.15) is 64.9 Å². The van der Waals surface area contributed by atoms with E-state index in [1.54, 1.807) is 6.08 Å². The first-order valence-corrected chi connectivity index (χ1v) is 13.2. The Kier molecular flexibility index (Phi) is 10.5. The van der Waals surface area contributed by atoms with Gasteiger partial charge in [0.25, 0.3) is 0 Å². The van der Waals surface area contributed by atoms with Crippen LogP contribution < -0.4 is 15.6 Å². The number of carbonyl (C=O) groups is 1. The molecule has 0 unspecified atom stereocenters. The predicted octanol–water partition coefficient (Wildman–Crippen LogP) is 7.00. The summed E-state index contributed by atoms with van der Waals surface area (Å²) >= 11 is 0. The van der Waals surface area contributed by atoms with Gasteiger partial charge in [-0.2, -0.15) is 4.68 Å². The summed E-state index contributed by atoms with van der Waals surface area (Å²) in [6, 6.07) is 19.7. The average Bonchev–Trinajstić information content (AvgIpc) is 3.15. The standard InChI is InChI=1S/C30H40N4O3/c1-4-5-6-7-8-10-13-24-22-29(36)34(30(24)37)32-28(35)20-21-33(23(2)3)27-18-16-26(17-19-27)31-25-14-11-9-12-15-25/h9-19,22-23,31,36-37H,4-8,20-21H2,1-3H3,(H,32,35). The fraction of sp³-hybridized carbons (Fsp3) is 0.367. The molecule has 0 saturated carbocycles. The third-order valence-corrected chi connectivity index (χ3v) is 6.21. The lowest BCUT2D eigenvalue weighted by atomic mass is 10.1. The number of allylic oxidation sites excluding steroid dienone is 1. The van der Waals surface area contributed by atoms with Crippen molar-refractivity contribution in [2.45, 2.75) is 65.3 Å². The van der Waals surface area contributed by atoms with Crippen molar-refractivity contribution < 1.29 is 15.0 Å². The van der Waals surface area contributed by atoms with E-state index < -0.39 is 0 Å². The summed E-state index contributed by atoms with van der Waals surface area (Å²) in [5, 5.41) is 24.1. The van der Waals surface area contributed by atoms with Crippen LogP contribution in [0.4, 0.5) is 17.1 Å². The largest absolute Gasteiger partial charge is 0.493 e. The predicted molar refractivity (Wildman–Crippen MR) is 153 cm³/mol. The molecule has 7 heteroatoms. The lowest BCUT2D eigenvalue weighted by molar-refractivity contribution is -0.117. The second kappa shape index (κ2) is 14.0. The van der Waals surface area contributed by atoms with Gasteiger partial charge in [-0.25, -0.2) is 0 Å². The van der Waals surface area contributed by atoms with E-state index in [2.05, 4.69) is 36.4 Å². The van der Waals surface area contributed by atoms with Crippen molar-refractivity contribution >= 4 is 29.0 Å². The van der Waals surface area contributed by atoms with Gasteiger partial charge in [0.15, 0.2) is 0 Å². The van der Waals surface area contributed by atoms with Crippen molar-refractivity contribution in [3.05, 3.63) is 72.3 Å². The number of amides is 1. The van der Waals surface area contributed by atoms with Crippen LogP contribution in [0.5, 0.6) is 11.8 Å². The summed E-state index contributed by atoms with van der Waals surface area (Å²) in [7, 11) is 0. The van der Waals surface area contributed by atoms with Crippen LogP contribution in [0.25, 0.3) is 6.08 Å². The zero-order chi connectivity index (χ0) is 26.6. The molecule has 37 heavy (non-hydrogen) atoms. The summed E-state index contributed by atoms with van der Waals surface area (Å²) in [6.07, 6.45) is 9.54. The highest BCUT2D eigenvalue weighted by Gasteiger charge is 2.17. The number of unbranched alkanes of at least 4 members (excludes halogenated alkanes) is 4. The minimum atomic E-state index is -0.302. The number of aromatic nitrogens is 1. The molecule has 0 fully saturated rings. The first-order chi connectivity index (χ1) is 17.9. The van der Waals surface area contributed by atoms with Gasteiger partial charge in [0.2, 0.25) is 17.7 Å². The van der Waals surface area contributed by atoms with Crippen molar-refractivity contribution in [3.63, 3.8) is 0 Å². The Morgan fingerprint density at radius 1 is 1.00 bits per heavy atom. The van der Waals surface area contributed by atoms with Gasteiger partial charge in [0.1, 0.15) is 0 Å². The summed E-state index contributed by atoms with van der Waals surface area (Å²) in [6.45, 7) is 6.83. The molecule has 0 atom stereocenters. The van der Waals surface area contributed by atoms with Crippen LogP contribution in [0, 0.1) is 0 Å². The third kappa shape index (κ3) is 8.34. The Bertz CT molecular complexity index is 1140. The van der Waals surface area contributed by atoms with Crippen molar-refractivity contribution in [3.8, 4) is 11.8 Å². The number of carbonyl (C=O) groups excluding carboxylic acids is 1. The second-order valence-corrected chi connectivity index (χ2v) is 9.48. The lowest BCUT2D eigenvalue weighted by Crippen LogP contribution is -2.34. The molecule has 7 nitrogen and oxygen atoms in total. The van der Waals surface area contributed by atoms with Gasteiger partial charge in [0.05, 0.1) is 0 Å². The number of nitrogens with one attached hydrogen (secondary N) is 2. The van der Waals surface area contributed by atoms with E-state index in [1.807, 2.05) is 60.7 Å². The molecule has 0 aliphatic carbocycles. The molecule has 2 aromatic carbocycles. The van der Waals surface area contributed by atoms with E-state index >= 15 is 0 Å². The molecule has 1 aromatic heterocycles. The number of aromatic hydroxyl groups is 2. The topological polar surface area (TPSA) is 89.8 Å². The van der Waals surface area contributed by atoms with Crippen molar-refractivity contribution in [2.75, 3.05) is 22.2 Å². The second-order valence-electron chi connectivity index (χ2n) is 9.48. The van der Waals surface area contributed by atoms with E-state index in [-0.39, 0.29) is 30.1 Å². The van der Waals surface area contributed by atoms with Crippen LogP contribution in [0.15, 0.2) is 66.7 Å². The summed E-state index contributed by atoms with van der Waals surface area (Å²) in [5.41, 5.74) is 6.10. The van der Waals surface area contributed by atoms with Gasteiger partial charge in [-0.15, -0.1) is 0 Å². The Labute approximate surface area is 220 Å². The van der Waals surface area contributed by atoms with Crippen molar-refractivity contribution in [1.82, 2.24) is 4.68 Å². The van der Waals surface area contributed by atoms with Gasteiger partial charge >= 0.3 is 0 Å². The maximum atomic E-state index is 12.7. The fourth-order valence-corrected chi connectivity index (χ4v) is 4.15. The van der Waals surface area contributed by atoms with Gasteiger partial charge in [-0.1, -0.05) is 56.5 Å². The normalized spacial score (nSPS) is 11.2. The van der Waals surface area contributed by atoms with Gasteiger partial charge < -0.3 is 20.4 Å². The first kappa shape index (κ1) is 27.7. The number of hydrogen-bond acceptors (Lipinski definition) is 5. The Balaban J connectivity index is 1.55. The molecular weight excluding hydrogens is 464 g/mol. The smallest absolute Gasteiger partial charge is 0.240 e. The highest BCUT2D eigenvalue weighted by molar-refractivity contribution is 5.85. The van der Waals surface area contributed by atoms with Gasteiger partial charge in [0, 0.05) is 47.7 Å². The number of benzene rings is 2. The SMILES string of the molecule is CCCCCCC=Cc1cc(O)n(NC(=O)CCN(c2ccc(Nc3ccccc3)cc2)C(C)C)c1O. The zero-order valence-corrected chi connectivity index (χ0v) is 22.2. The molecule has 1 heterocycles. The summed E-state index contributed by atoms with van der Waals surface area (Å²) < 4.78 is 1.03. The maximum Gasteiger partial charge on any atom is 0.240 e. The van der Waals surface area contributed by atoms with Crippen LogP contribution in [-0.2, 0) is 4.79 Å². The number of nitrogens with zero attached hydrogens (tertiary/aromatic N) is 2. The highest BCUT2D eigenvalue weighted by Crippen LogP contribution is 2.28. The van der Waals surface area contributed by atoms with E-state index in [0.717, 1.165) is 34.6 Å². The number of anilines is 3. The van der Waals surface area contributed by atoms with E-state index in [4.69, 9.17) is 0 Å². The van der Waals surface area contributed by atoms with Crippen LogP contribution in [0.3, 0.4) is 0 Å². The molecule has 1 amide bonds. The molecule has 0 aliphatic heterocycles. The fourth-order valence-electron chi connectivity index (χ4n) is 4.15. The lowest BCUT2D eigenvalue weighted by Gasteiger charge is -2.29. The molecular formula is C30H40N4O3. The molecule has 4 N–H and O–H groups in total. The number of hydrogen-bond donors (Lipinski definition) is 4. The minimum absolute atomic E-state index is 0.183. The molecule has 0 bridgehead atoms. The van der Waals surface area contributed by atoms with Crippen molar-refractivity contribution in [1.29, 1.82) is 0 Å². The van der Waals surface area contributed by atoms with E-state index in [0.29, 0.717) is 12.1 Å². The summed E-state index contributed by atoms with van der Waals surface area (Å²) in [4.78, 5) is 14.8. The Hall–Kier alpha value is -3.87. The first-order valence-electron chi connectivity index (χ1n) is 13.2. The Morgan fingerprint density at radius 3 is 2.38 bits per heavy atom. The van der Waals surface area contributed by atoms with E-state index in [1.165, 1.54) is 25.3 Å². The van der Waals surface area contributed by atoms with Crippen LogP contribution in [0.2, 0.25) is 0 Å². The van der Waals surface area contributed by atoms with Gasteiger partial charge in [-0.05, 0) is 63.1 Å². The minimum Gasteiger partial charge on any atom is -0.493 e. The van der Waals surface area contributed by atoms with Crippen LogP contribution in [-0.4, -0.2) is 33.4 Å². The molecule has 0 radical (unpaired) electrons. The third-order valence-electron chi connectivity index (χ3n) is 6.21. The van der Waals surface area contributed by atoms with Crippen LogP contribution >= 0.6 is 0 Å². The molecule has 3 aromatic rings. The van der Waals surface area contributed by atoms with E-state index in [9.17, 15) is 15.0 Å². The quantitative estimate of drug-likeness (QED) is 0.177. The molecule has 3 rings (SSSR count). The van der Waals surface area contributed by atoms with Gasteiger partial charge in [-0.3, -0.25) is 10.2 Å². The average molecular weight is 505 g/mol.